The van der Waals surface area contributed by atoms with Crippen molar-refractivity contribution in [3.8, 4) is 0 Å². The normalized spacial score (nSPS) is 11.1. The number of fused-ring (bicyclic) bond motifs is 1. The average Bonchev–Trinajstić information content (AvgIpc) is 2.80. The molecule has 0 saturated carbocycles. The molecular weight excluding hydrogens is 262 g/mol. The maximum Gasteiger partial charge on any atom is 0.262 e. The largest absolute Gasteiger partial charge is 0.321 e. The number of tetrazole rings is 1. The van der Waals surface area contributed by atoms with Gasteiger partial charge in [-0.2, -0.15) is 0 Å². The van der Waals surface area contributed by atoms with E-state index in [9.17, 15) is 4.79 Å². The lowest BCUT2D eigenvalue weighted by atomic mass is 10.1. The van der Waals surface area contributed by atoms with Gasteiger partial charge in [-0.1, -0.05) is 18.2 Å². The number of pyridine rings is 1. The third-order valence-electron chi connectivity index (χ3n) is 2.90. The lowest BCUT2D eigenvalue weighted by molar-refractivity contribution is 0.664. The Bertz CT molecular complexity index is 807. The molecule has 0 aliphatic rings. The van der Waals surface area contributed by atoms with E-state index in [0.717, 1.165) is 16.5 Å². The maximum absolute atomic E-state index is 12.1. The standard InChI is InChI=1S/C12H11N5OS/c1-7-8-5-3-4-6-9(8)13-11(18)10(7)19-12-14-15-16-17(12)2/h3-6H,1-2H3,(H,13,18). The molecule has 96 valence electrons. The number of aryl methyl sites for hydroxylation is 2. The van der Waals surface area contributed by atoms with E-state index in [-0.39, 0.29) is 5.56 Å². The summed E-state index contributed by atoms with van der Waals surface area (Å²) in [6.45, 7) is 1.93. The molecule has 0 amide bonds. The lowest BCUT2D eigenvalue weighted by Gasteiger charge is -2.07. The molecule has 19 heavy (non-hydrogen) atoms. The summed E-state index contributed by atoms with van der Waals surface area (Å²) >= 11 is 1.27. The van der Waals surface area contributed by atoms with Gasteiger partial charge in [-0.3, -0.25) is 4.79 Å². The number of nitrogens with zero attached hydrogens (tertiary/aromatic N) is 4. The van der Waals surface area contributed by atoms with Crippen molar-refractivity contribution >= 4 is 22.7 Å². The Morgan fingerprint density at radius 3 is 2.84 bits per heavy atom. The van der Waals surface area contributed by atoms with Crippen molar-refractivity contribution in [2.24, 2.45) is 7.05 Å². The minimum absolute atomic E-state index is 0.121. The van der Waals surface area contributed by atoms with Crippen molar-refractivity contribution < 1.29 is 0 Å². The molecule has 6 nitrogen and oxygen atoms in total. The van der Waals surface area contributed by atoms with Gasteiger partial charge < -0.3 is 4.98 Å². The molecule has 0 unspecified atom stereocenters. The van der Waals surface area contributed by atoms with E-state index in [0.29, 0.717) is 10.1 Å². The molecular formula is C12H11N5OS. The predicted molar refractivity (Wildman–Crippen MR) is 72.2 cm³/mol. The van der Waals surface area contributed by atoms with Gasteiger partial charge in [0.15, 0.2) is 0 Å². The van der Waals surface area contributed by atoms with E-state index in [1.165, 1.54) is 11.8 Å². The summed E-state index contributed by atoms with van der Waals surface area (Å²) in [5.74, 6) is 0. The van der Waals surface area contributed by atoms with Crippen LogP contribution in [0.3, 0.4) is 0 Å². The van der Waals surface area contributed by atoms with Gasteiger partial charge in [0.2, 0.25) is 5.16 Å². The fourth-order valence-electron chi connectivity index (χ4n) is 1.91. The molecule has 0 spiro atoms. The Morgan fingerprint density at radius 1 is 1.32 bits per heavy atom. The molecule has 0 saturated heterocycles. The lowest BCUT2D eigenvalue weighted by Crippen LogP contribution is -2.11. The van der Waals surface area contributed by atoms with Gasteiger partial charge in [-0.25, -0.2) is 4.68 Å². The highest BCUT2D eigenvalue weighted by Gasteiger charge is 2.13. The molecule has 2 aromatic heterocycles. The summed E-state index contributed by atoms with van der Waals surface area (Å²) in [6.07, 6.45) is 0. The van der Waals surface area contributed by atoms with E-state index < -0.39 is 0 Å². The second kappa shape index (κ2) is 4.51. The Labute approximate surface area is 112 Å². The van der Waals surface area contributed by atoms with Crippen LogP contribution in [-0.4, -0.2) is 25.2 Å². The minimum atomic E-state index is -0.121. The van der Waals surface area contributed by atoms with Gasteiger partial charge in [0.25, 0.3) is 5.56 Å². The van der Waals surface area contributed by atoms with Crippen LogP contribution in [0.2, 0.25) is 0 Å². The van der Waals surface area contributed by atoms with Crippen LogP contribution >= 0.6 is 11.8 Å². The van der Waals surface area contributed by atoms with Gasteiger partial charge in [0.05, 0.1) is 4.90 Å². The van der Waals surface area contributed by atoms with Gasteiger partial charge in [0, 0.05) is 18.0 Å². The molecule has 7 heteroatoms. The van der Waals surface area contributed by atoms with Crippen LogP contribution in [0.1, 0.15) is 5.56 Å². The number of para-hydroxylation sites is 1. The summed E-state index contributed by atoms with van der Waals surface area (Å²) in [5.41, 5.74) is 1.65. The third kappa shape index (κ3) is 2.01. The summed E-state index contributed by atoms with van der Waals surface area (Å²) < 4.78 is 1.54. The zero-order valence-corrected chi connectivity index (χ0v) is 11.2. The quantitative estimate of drug-likeness (QED) is 0.766. The van der Waals surface area contributed by atoms with Crippen LogP contribution < -0.4 is 5.56 Å². The highest BCUT2D eigenvalue weighted by Crippen LogP contribution is 2.28. The molecule has 2 heterocycles. The SMILES string of the molecule is Cc1c(Sc2nnnn2C)c(=O)[nH]c2ccccc12. The number of aromatic nitrogens is 5. The molecule has 0 aliphatic carbocycles. The number of benzene rings is 1. The molecule has 0 atom stereocenters. The van der Waals surface area contributed by atoms with Crippen molar-refractivity contribution in [2.75, 3.05) is 0 Å². The Hall–Kier alpha value is -2.15. The fraction of sp³-hybridized carbons (Fsp3) is 0.167. The van der Waals surface area contributed by atoms with Crippen molar-refractivity contribution in [1.82, 2.24) is 25.2 Å². The monoisotopic (exact) mass is 273 g/mol. The van der Waals surface area contributed by atoms with Crippen LogP contribution in [0.15, 0.2) is 39.1 Å². The molecule has 3 aromatic rings. The number of hydrogen-bond acceptors (Lipinski definition) is 5. The number of hydrogen-bond donors (Lipinski definition) is 1. The topological polar surface area (TPSA) is 76.5 Å². The molecule has 3 rings (SSSR count). The van der Waals surface area contributed by atoms with Gasteiger partial charge >= 0.3 is 0 Å². The number of aromatic amines is 1. The first-order chi connectivity index (χ1) is 9.16. The maximum atomic E-state index is 12.1. The molecule has 0 fully saturated rings. The second-order valence-electron chi connectivity index (χ2n) is 4.14. The second-order valence-corrected chi connectivity index (χ2v) is 5.12. The van der Waals surface area contributed by atoms with Crippen molar-refractivity contribution in [1.29, 1.82) is 0 Å². The average molecular weight is 273 g/mol. The number of rotatable bonds is 2. The van der Waals surface area contributed by atoms with Crippen LogP contribution in [0, 0.1) is 6.92 Å². The fourth-order valence-corrected chi connectivity index (χ4v) is 2.75. The molecule has 1 aromatic carbocycles. The summed E-state index contributed by atoms with van der Waals surface area (Å²) in [5, 5.41) is 12.8. The Kier molecular flexibility index (Phi) is 2.83. The summed E-state index contributed by atoms with van der Waals surface area (Å²) in [6, 6.07) is 7.73. The van der Waals surface area contributed by atoms with Gasteiger partial charge in [-0.15, -0.1) is 5.10 Å². The highest BCUT2D eigenvalue weighted by atomic mass is 32.2. The highest BCUT2D eigenvalue weighted by molar-refractivity contribution is 7.99. The van der Waals surface area contributed by atoms with Crippen LogP contribution in [0.4, 0.5) is 0 Å². The number of H-pyrrole nitrogens is 1. The summed E-state index contributed by atoms with van der Waals surface area (Å²) in [4.78, 5) is 15.6. The van der Waals surface area contributed by atoms with Gasteiger partial charge in [-0.05, 0) is 40.7 Å². The molecule has 0 bridgehead atoms. The third-order valence-corrected chi connectivity index (χ3v) is 4.12. The first kappa shape index (κ1) is 11.9. The van der Waals surface area contributed by atoms with Crippen molar-refractivity contribution in [2.45, 2.75) is 17.0 Å². The van der Waals surface area contributed by atoms with E-state index in [4.69, 9.17) is 0 Å². The van der Waals surface area contributed by atoms with E-state index in [1.54, 1.807) is 11.7 Å². The predicted octanol–water partition coefficient (Wildman–Crippen LogP) is 1.51. The van der Waals surface area contributed by atoms with Crippen LogP contribution in [0.25, 0.3) is 10.9 Å². The van der Waals surface area contributed by atoms with Crippen molar-refractivity contribution in [3.05, 3.63) is 40.2 Å². The molecule has 0 aliphatic heterocycles. The Morgan fingerprint density at radius 2 is 2.11 bits per heavy atom. The Balaban J connectivity index is 2.19. The number of nitrogens with one attached hydrogen (secondary N) is 1. The first-order valence-corrected chi connectivity index (χ1v) is 6.50. The molecule has 0 radical (unpaired) electrons. The van der Waals surface area contributed by atoms with Crippen LogP contribution in [0.5, 0.6) is 0 Å². The van der Waals surface area contributed by atoms with Crippen molar-refractivity contribution in [3.63, 3.8) is 0 Å². The zero-order valence-electron chi connectivity index (χ0n) is 10.4. The smallest absolute Gasteiger partial charge is 0.262 e. The first-order valence-electron chi connectivity index (χ1n) is 5.68. The summed E-state index contributed by atoms with van der Waals surface area (Å²) in [7, 11) is 1.74. The molecule has 1 N–H and O–H groups in total. The van der Waals surface area contributed by atoms with Gasteiger partial charge in [0.1, 0.15) is 0 Å². The zero-order chi connectivity index (χ0) is 13.4. The van der Waals surface area contributed by atoms with Crippen LogP contribution in [-0.2, 0) is 7.05 Å². The van der Waals surface area contributed by atoms with E-state index in [2.05, 4.69) is 20.5 Å². The minimum Gasteiger partial charge on any atom is -0.321 e. The van der Waals surface area contributed by atoms with E-state index >= 15 is 0 Å². The van der Waals surface area contributed by atoms with E-state index in [1.807, 2.05) is 31.2 Å².